The molecule has 0 spiro atoms. The summed E-state index contributed by atoms with van der Waals surface area (Å²) in [6.07, 6.45) is 7.29. The highest BCUT2D eigenvalue weighted by atomic mass is 14.3. The van der Waals surface area contributed by atoms with Gasteiger partial charge in [-0.15, -0.1) is 0 Å². The third kappa shape index (κ3) is 6.98. The molecular weight excluding hydrogens is 180 g/mol. The van der Waals surface area contributed by atoms with Crippen LogP contribution in [0.2, 0.25) is 0 Å². The summed E-state index contributed by atoms with van der Waals surface area (Å²) in [5, 5.41) is 0. The average molecular weight is 214 g/mol. The summed E-state index contributed by atoms with van der Waals surface area (Å²) in [4.78, 5) is 0. The van der Waals surface area contributed by atoms with Crippen LogP contribution in [-0.4, -0.2) is 0 Å². The third-order valence-corrected chi connectivity index (χ3v) is 3.45. The number of rotatable bonds is 2. The van der Waals surface area contributed by atoms with Crippen molar-refractivity contribution in [3.8, 4) is 0 Å². The topological polar surface area (TPSA) is 0 Å². The predicted molar refractivity (Wildman–Crippen MR) is 73.3 cm³/mol. The molecule has 0 amide bonds. The number of hydrogen-bond donors (Lipinski definition) is 0. The molecule has 0 N–H and O–H groups in total. The van der Waals surface area contributed by atoms with E-state index in [-0.39, 0.29) is 0 Å². The summed E-state index contributed by atoms with van der Waals surface area (Å²) in [5.74, 6) is 3.10. The molecule has 0 aliphatic heterocycles. The van der Waals surface area contributed by atoms with Gasteiger partial charge in [0.25, 0.3) is 0 Å². The van der Waals surface area contributed by atoms with E-state index in [0.29, 0.717) is 0 Å². The quantitative estimate of drug-likeness (QED) is 0.536. The fourth-order valence-corrected chi connectivity index (χ4v) is 2.60. The van der Waals surface area contributed by atoms with Crippen molar-refractivity contribution in [1.82, 2.24) is 0 Å². The van der Waals surface area contributed by atoms with Gasteiger partial charge in [0.2, 0.25) is 0 Å². The normalized spacial score (nSPS) is 29.4. The lowest BCUT2D eigenvalue weighted by atomic mass is 9.72. The van der Waals surface area contributed by atoms with E-state index in [1.54, 1.807) is 0 Å². The van der Waals surface area contributed by atoms with Gasteiger partial charge in [-0.2, -0.15) is 0 Å². The fourth-order valence-electron chi connectivity index (χ4n) is 2.60. The van der Waals surface area contributed by atoms with E-state index in [9.17, 15) is 0 Å². The number of hydrogen-bond acceptors (Lipinski definition) is 0. The zero-order valence-corrected chi connectivity index (χ0v) is 12.3. The SMILES string of the molecule is CC.CC.CCC1CCC(C)CC1CC. The van der Waals surface area contributed by atoms with Gasteiger partial charge in [0, 0.05) is 0 Å². The van der Waals surface area contributed by atoms with Gasteiger partial charge < -0.3 is 0 Å². The van der Waals surface area contributed by atoms with Crippen molar-refractivity contribution >= 4 is 0 Å². The van der Waals surface area contributed by atoms with E-state index in [1.807, 2.05) is 27.7 Å². The Hall–Kier alpha value is 0. The van der Waals surface area contributed by atoms with Crippen LogP contribution < -0.4 is 0 Å². The third-order valence-electron chi connectivity index (χ3n) is 3.45. The summed E-state index contributed by atoms with van der Waals surface area (Å²) in [5.41, 5.74) is 0. The first-order chi connectivity index (χ1) is 7.27. The van der Waals surface area contributed by atoms with E-state index in [4.69, 9.17) is 0 Å². The summed E-state index contributed by atoms with van der Waals surface area (Å²) in [6, 6.07) is 0. The second-order valence-corrected chi connectivity index (χ2v) is 4.25. The molecule has 0 nitrogen and oxygen atoms in total. The van der Waals surface area contributed by atoms with Gasteiger partial charge in [0.1, 0.15) is 0 Å². The minimum absolute atomic E-state index is 1.00. The minimum atomic E-state index is 1.00. The van der Waals surface area contributed by atoms with Crippen LogP contribution in [0.25, 0.3) is 0 Å². The van der Waals surface area contributed by atoms with E-state index in [0.717, 1.165) is 17.8 Å². The molecule has 0 aromatic carbocycles. The smallest absolute Gasteiger partial charge is 0.0386 e. The zero-order chi connectivity index (χ0) is 12.3. The van der Waals surface area contributed by atoms with Crippen molar-refractivity contribution in [3.63, 3.8) is 0 Å². The maximum atomic E-state index is 2.41. The molecule has 0 heterocycles. The van der Waals surface area contributed by atoms with Gasteiger partial charge in [0.15, 0.2) is 0 Å². The summed E-state index contributed by atoms with van der Waals surface area (Å²) < 4.78 is 0. The maximum absolute atomic E-state index is 2.41. The predicted octanol–water partition coefficient (Wildman–Crippen LogP) is 5.91. The van der Waals surface area contributed by atoms with Crippen LogP contribution in [0.5, 0.6) is 0 Å². The first kappa shape index (κ1) is 17.4. The van der Waals surface area contributed by atoms with Crippen molar-refractivity contribution in [2.45, 2.75) is 80.6 Å². The van der Waals surface area contributed by atoms with Crippen LogP contribution in [0.4, 0.5) is 0 Å². The van der Waals surface area contributed by atoms with Gasteiger partial charge >= 0.3 is 0 Å². The monoisotopic (exact) mass is 214 g/mol. The van der Waals surface area contributed by atoms with E-state index in [1.165, 1.54) is 32.1 Å². The van der Waals surface area contributed by atoms with Gasteiger partial charge in [-0.25, -0.2) is 0 Å². The standard InChI is InChI=1S/C11H22.2C2H6/c1-4-10-7-6-9(3)8-11(10)5-2;2*1-2/h9-11H,4-8H2,1-3H3;2*1-2H3. The van der Waals surface area contributed by atoms with Crippen LogP contribution in [0, 0.1) is 17.8 Å². The zero-order valence-electron chi connectivity index (χ0n) is 12.3. The molecule has 1 aliphatic rings. The van der Waals surface area contributed by atoms with Crippen LogP contribution >= 0.6 is 0 Å². The summed E-state index contributed by atoms with van der Waals surface area (Å²) in [7, 11) is 0. The fraction of sp³-hybridized carbons (Fsp3) is 1.00. The lowest BCUT2D eigenvalue weighted by Crippen LogP contribution is -2.22. The summed E-state index contributed by atoms with van der Waals surface area (Å²) >= 11 is 0. The molecule has 1 fully saturated rings. The lowest BCUT2D eigenvalue weighted by Gasteiger charge is -2.33. The Morgan fingerprint density at radius 1 is 0.800 bits per heavy atom. The first-order valence-corrected chi connectivity index (χ1v) is 7.27. The average Bonchev–Trinajstić information content (AvgIpc) is 2.34. The van der Waals surface area contributed by atoms with Gasteiger partial charge in [-0.1, -0.05) is 67.7 Å². The Kier molecular flexibility index (Phi) is 14.0. The van der Waals surface area contributed by atoms with Crippen molar-refractivity contribution in [2.75, 3.05) is 0 Å². The van der Waals surface area contributed by atoms with Crippen molar-refractivity contribution in [3.05, 3.63) is 0 Å². The van der Waals surface area contributed by atoms with Crippen LogP contribution in [0.3, 0.4) is 0 Å². The van der Waals surface area contributed by atoms with Gasteiger partial charge in [-0.05, 0) is 30.6 Å². The molecule has 1 aliphatic carbocycles. The van der Waals surface area contributed by atoms with E-state index < -0.39 is 0 Å². The lowest BCUT2D eigenvalue weighted by molar-refractivity contribution is 0.179. The molecule has 0 aromatic rings. The minimum Gasteiger partial charge on any atom is -0.0683 e. The second-order valence-electron chi connectivity index (χ2n) is 4.25. The molecular formula is C15H34. The molecule has 94 valence electrons. The Labute approximate surface area is 98.9 Å². The van der Waals surface area contributed by atoms with Gasteiger partial charge in [0.05, 0.1) is 0 Å². The van der Waals surface area contributed by atoms with E-state index in [2.05, 4.69) is 20.8 Å². The Morgan fingerprint density at radius 2 is 1.27 bits per heavy atom. The molecule has 3 atom stereocenters. The van der Waals surface area contributed by atoms with Crippen molar-refractivity contribution < 1.29 is 0 Å². The van der Waals surface area contributed by atoms with Gasteiger partial charge in [-0.3, -0.25) is 0 Å². The van der Waals surface area contributed by atoms with E-state index >= 15 is 0 Å². The van der Waals surface area contributed by atoms with Crippen LogP contribution in [0.15, 0.2) is 0 Å². The van der Waals surface area contributed by atoms with Crippen molar-refractivity contribution in [1.29, 1.82) is 0 Å². The molecule has 3 unspecified atom stereocenters. The highest BCUT2D eigenvalue weighted by molar-refractivity contribution is 4.76. The molecule has 0 bridgehead atoms. The molecule has 1 rings (SSSR count). The van der Waals surface area contributed by atoms with Crippen LogP contribution in [-0.2, 0) is 0 Å². The molecule has 0 aromatic heterocycles. The molecule has 15 heavy (non-hydrogen) atoms. The Morgan fingerprint density at radius 3 is 1.67 bits per heavy atom. The second kappa shape index (κ2) is 12.1. The van der Waals surface area contributed by atoms with Crippen LogP contribution in [0.1, 0.15) is 80.6 Å². The highest BCUT2D eigenvalue weighted by Gasteiger charge is 2.25. The Balaban J connectivity index is 0. The Bertz CT molecular complexity index is 107. The molecule has 0 radical (unpaired) electrons. The molecule has 0 heteroatoms. The maximum Gasteiger partial charge on any atom is -0.0386 e. The first-order valence-electron chi connectivity index (χ1n) is 7.27. The largest absolute Gasteiger partial charge is 0.0683 e. The molecule has 1 saturated carbocycles. The molecule has 0 saturated heterocycles. The highest BCUT2D eigenvalue weighted by Crippen LogP contribution is 2.36. The van der Waals surface area contributed by atoms with Crippen molar-refractivity contribution in [2.24, 2.45) is 17.8 Å². The summed E-state index contributed by atoms with van der Waals surface area (Å²) in [6.45, 7) is 15.1.